The Balaban J connectivity index is 2.07. The molecule has 3 aromatic rings. The molecular formula is C17H13NO6. The molecule has 2 aromatic carbocycles. The monoisotopic (exact) mass is 327 g/mol. The molecule has 0 aliphatic rings. The van der Waals surface area contributed by atoms with Gasteiger partial charge in [0.05, 0.1) is 0 Å². The van der Waals surface area contributed by atoms with E-state index < -0.39 is 17.9 Å². The molecule has 3 rings (SSSR count). The van der Waals surface area contributed by atoms with Gasteiger partial charge in [0.15, 0.2) is 12.0 Å². The van der Waals surface area contributed by atoms with Gasteiger partial charge in [-0.25, -0.2) is 5.48 Å². The Labute approximate surface area is 135 Å². The predicted octanol–water partition coefficient (Wildman–Crippen LogP) is 2.05. The molecule has 0 unspecified atom stereocenters. The van der Waals surface area contributed by atoms with Crippen LogP contribution in [-0.2, 0) is 4.79 Å². The third kappa shape index (κ3) is 3.06. The molecule has 0 fully saturated rings. The normalized spacial score (nSPS) is 10.5. The number of phenols is 1. The van der Waals surface area contributed by atoms with Crippen molar-refractivity contribution in [3.63, 3.8) is 0 Å². The van der Waals surface area contributed by atoms with E-state index in [9.17, 15) is 14.7 Å². The number of aromatic hydroxyl groups is 1. The zero-order valence-corrected chi connectivity index (χ0v) is 12.4. The van der Waals surface area contributed by atoms with Gasteiger partial charge in [-0.3, -0.25) is 14.8 Å². The number of ether oxygens (including phenoxy) is 1. The molecule has 7 nitrogen and oxygen atoms in total. The Hall–Kier alpha value is -3.32. The lowest BCUT2D eigenvalue weighted by atomic mass is 10.1. The number of rotatable bonds is 4. The van der Waals surface area contributed by atoms with E-state index in [0.717, 1.165) is 0 Å². The summed E-state index contributed by atoms with van der Waals surface area (Å²) in [5.41, 5.74) is 1.87. The molecule has 0 saturated carbocycles. The van der Waals surface area contributed by atoms with E-state index in [1.54, 1.807) is 12.1 Å². The maximum absolute atomic E-state index is 12.3. The molecule has 7 heteroatoms. The average molecular weight is 327 g/mol. The lowest BCUT2D eigenvalue weighted by Gasteiger charge is -2.08. The molecule has 0 aliphatic heterocycles. The van der Waals surface area contributed by atoms with Gasteiger partial charge in [-0.15, -0.1) is 0 Å². The Morgan fingerprint density at radius 1 is 1.17 bits per heavy atom. The lowest BCUT2D eigenvalue weighted by Crippen LogP contribution is -2.25. The smallest absolute Gasteiger partial charge is 0.281 e. The Morgan fingerprint density at radius 2 is 1.92 bits per heavy atom. The van der Waals surface area contributed by atoms with E-state index in [1.807, 2.05) is 18.2 Å². The summed E-state index contributed by atoms with van der Waals surface area (Å²) in [5.74, 6) is -0.607. The zero-order valence-electron chi connectivity index (χ0n) is 12.4. The van der Waals surface area contributed by atoms with Crippen molar-refractivity contribution in [2.75, 3.05) is 6.61 Å². The van der Waals surface area contributed by atoms with Gasteiger partial charge in [-0.1, -0.05) is 30.3 Å². The topological polar surface area (TPSA) is 109 Å². The minimum absolute atomic E-state index is 0.0219. The average Bonchev–Trinajstić information content (AvgIpc) is 2.59. The van der Waals surface area contributed by atoms with Crippen LogP contribution >= 0.6 is 0 Å². The zero-order chi connectivity index (χ0) is 17.1. The number of hydroxylamine groups is 1. The summed E-state index contributed by atoms with van der Waals surface area (Å²) in [5, 5.41) is 18.5. The molecule has 0 atom stereocenters. The Bertz CT molecular complexity index is 948. The van der Waals surface area contributed by atoms with Gasteiger partial charge >= 0.3 is 0 Å². The van der Waals surface area contributed by atoms with Crippen molar-refractivity contribution < 1.29 is 24.3 Å². The van der Waals surface area contributed by atoms with Crippen LogP contribution in [0.3, 0.4) is 0 Å². The number of hydrogen-bond acceptors (Lipinski definition) is 6. The maximum Gasteiger partial charge on any atom is 0.281 e. The van der Waals surface area contributed by atoms with Crippen molar-refractivity contribution in [3.8, 4) is 22.8 Å². The van der Waals surface area contributed by atoms with Crippen LogP contribution in [0.4, 0.5) is 0 Å². The third-order valence-electron chi connectivity index (χ3n) is 3.34. The van der Waals surface area contributed by atoms with E-state index in [4.69, 9.17) is 14.4 Å². The largest absolute Gasteiger partial charge is 0.507 e. The number of carbonyl (C=O) groups is 1. The van der Waals surface area contributed by atoms with Crippen LogP contribution in [0.1, 0.15) is 0 Å². The van der Waals surface area contributed by atoms with Crippen LogP contribution in [0.5, 0.6) is 11.5 Å². The first kappa shape index (κ1) is 15.6. The second-order valence-electron chi connectivity index (χ2n) is 4.98. The molecular weight excluding hydrogens is 314 g/mol. The van der Waals surface area contributed by atoms with Crippen molar-refractivity contribution in [2.45, 2.75) is 0 Å². The number of phenolic OH excluding ortho intramolecular Hbond substituents is 1. The van der Waals surface area contributed by atoms with Crippen molar-refractivity contribution in [3.05, 3.63) is 58.8 Å². The van der Waals surface area contributed by atoms with Gasteiger partial charge in [0, 0.05) is 23.8 Å². The fraction of sp³-hybridized carbons (Fsp3) is 0.0588. The van der Waals surface area contributed by atoms with Crippen molar-refractivity contribution in [2.24, 2.45) is 0 Å². The van der Waals surface area contributed by atoms with Crippen molar-refractivity contribution >= 4 is 16.9 Å². The number of hydrogen-bond donors (Lipinski definition) is 3. The number of carbonyl (C=O) groups excluding carboxylic acids is 1. The van der Waals surface area contributed by atoms with Gasteiger partial charge in [-0.2, -0.15) is 0 Å². The summed E-state index contributed by atoms with van der Waals surface area (Å²) in [6.45, 7) is -0.454. The summed E-state index contributed by atoms with van der Waals surface area (Å²) >= 11 is 0. The number of amides is 1. The van der Waals surface area contributed by atoms with Gasteiger partial charge in [0.2, 0.25) is 0 Å². The fourth-order valence-corrected chi connectivity index (χ4v) is 2.25. The molecule has 0 bridgehead atoms. The lowest BCUT2D eigenvalue weighted by molar-refractivity contribution is -0.131. The standard InChI is InChI=1S/C17H13NO6/c19-12-6-11(23-9-16(21)18-22)7-15-17(12)13(20)8-14(24-15)10-4-2-1-3-5-10/h1-8,19,22H,9H2,(H,18,21). The SMILES string of the molecule is O=C(COc1cc(O)c2c(=O)cc(-c3ccccc3)oc2c1)NO. The molecule has 1 aromatic heterocycles. The highest BCUT2D eigenvalue weighted by atomic mass is 16.5. The first-order valence-corrected chi connectivity index (χ1v) is 7.00. The van der Waals surface area contributed by atoms with Gasteiger partial charge in [0.1, 0.15) is 28.2 Å². The summed E-state index contributed by atoms with van der Waals surface area (Å²) in [4.78, 5) is 23.3. The van der Waals surface area contributed by atoms with E-state index in [1.165, 1.54) is 23.7 Å². The van der Waals surface area contributed by atoms with Crippen LogP contribution in [0.15, 0.2) is 57.7 Å². The van der Waals surface area contributed by atoms with Gasteiger partial charge < -0.3 is 14.3 Å². The fourth-order valence-electron chi connectivity index (χ4n) is 2.25. The van der Waals surface area contributed by atoms with Crippen LogP contribution in [0.2, 0.25) is 0 Å². The van der Waals surface area contributed by atoms with E-state index in [2.05, 4.69) is 0 Å². The first-order valence-electron chi connectivity index (χ1n) is 7.00. The molecule has 1 amide bonds. The van der Waals surface area contributed by atoms with E-state index in [0.29, 0.717) is 11.3 Å². The van der Waals surface area contributed by atoms with Crippen LogP contribution in [0.25, 0.3) is 22.3 Å². The number of fused-ring (bicyclic) bond motifs is 1. The van der Waals surface area contributed by atoms with Gasteiger partial charge in [-0.05, 0) is 0 Å². The molecule has 24 heavy (non-hydrogen) atoms. The second-order valence-corrected chi connectivity index (χ2v) is 4.98. The molecule has 1 heterocycles. The summed E-state index contributed by atoms with van der Waals surface area (Å²) in [6, 6.07) is 12.9. The van der Waals surface area contributed by atoms with Crippen molar-refractivity contribution in [1.29, 1.82) is 0 Å². The molecule has 0 spiro atoms. The minimum Gasteiger partial charge on any atom is -0.507 e. The summed E-state index contributed by atoms with van der Waals surface area (Å²) < 4.78 is 10.8. The molecule has 122 valence electrons. The molecule has 0 saturated heterocycles. The van der Waals surface area contributed by atoms with Crippen LogP contribution in [0, 0.1) is 0 Å². The highest BCUT2D eigenvalue weighted by Crippen LogP contribution is 2.30. The van der Waals surface area contributed by atoms with Crippen LogP contribution < -0.4 is 15.6 Å². The summed E-state index contributed by atoms with van der Waals surface area (Å²) in [6.07, 6.45) is 0. The quantitative estimate of drug-likeness (QED) is 0.500. The number of benzene rings is 2. The number of nitrogens with one attached hydrogen (secondary N) is 1. The van der Waals surface area contributed by atoms with E-state index in [-0.39, 0.29) is 22.5 Å². The van der Waals surface area contributed by atoms with Gasteiger partial charge in [0.25, 0.3) is 5.91 Å². The third-order valence-corrected chi connectivity index (χ3v) is 3.34. The summed E-state index contributed by atoms with van der Waals surface area (Å²) in [7, 11) is 0. The highest BCUT2D eigenvalue weighted by molar-refractivity contribution is 5.86. The van der Waals surface area contributed by atoms with Crippen molar-refractivity contribution in [1.82, 2.24) is 5.48 Å². The Morgan fingerprint density at radius 3 is 2.62 bits per heavy atom. The first-order chi connectivity index (χ1) is 11.6. The predicted molar refractivity (Wildman–Crippen MR) is 85.0 cm³/mol. The highest BCUT2D eigenvalue weighted by Gasteiger charge is 2.13. The minimum atomic E-state index is -0.755. The maximum atomic E-state index is 12.3. The second kappa shape index (κ2) is 6.43. The molecule has 0 radical (unpaired) electrons. The van der Waals surface area contributed by atoms with E-state index >= 15 is 0 Å². The Kier molecular flexibility index (Phi) is 4.17. The van der Waals surface area contributed by atoms with Crippen LogP contribution in [-0.4, -0.2) is 22.8 Å². The molecule has 0 aliphatic carbocycles. The molecule has 3 N–H and O–H groups in total.